The van der Waals surface area contributed by atoms with E-state index in [-0.39, 0.29) is 0 Å². The normalized spacial score (nSPS) is 13.0. The van der Waals surface area contributed by atoms with E-state index in [1.807, 2.05) is 13.0 Å². The number of aryl methyl sites for hydroxylation is 2. The van der Waals surface area contributed by atoms with Gasteiger partial charge in [0.2, 0.25) is 11.6 Å². The van der Waals surface area contributed by atoms with Crippen LogP contribution in [0.4, 0.5) is 5.69 Å². The number of pyridine rings is 1. The summed E-state index contributed by atoms with van der Waals surface area (Å²) in [6, 6.07) is 7.17. The zero-order valence-corrected chi connectivity index (χ0v) is 11.8. The molecule has 1 aliphatic rings. The molecule has 0 saturated carbocycles. The third-order valence-corrected chi connectivity index (χ3v) is 3.44. The molecule has 104 valence electrons. The van der Waals surface area contributed by atoms with Crippen LogP contribution in [0.1, 0.15) is 16.8 Å². The molecule has 3 rings (SSSR count). The lowest BCUT2D eigenvalue weighted by molar-refractivity contribution is 0.275. The van der Waals surface area contributed by atoms with Gasteiger partial charge in [0.1, 0.15) is 5.75 Å². The van der Waals surface area contributed by atoms with E-state index in [9.17, 15) is 5.02 Å². The van der Waals surface area contributed by atoms with E-state index >= 15 is 0 Å². The average molecular weight is 280 g/mol. The van der Waals surface area contributed by atoms with Gasteiger partial charge in [0, 0.05) is 11.3 Å². The molecule has 0 amide bonds. The quantitative estimate of drug-likeness (QED) is 0.677. The highest BCUT2D eigenvalue weighted by Crippen LogP contribution is 2.29. The van der Waals surface area contributed by atoms with Gasteiger partial charge < -0.3 is 14.4 Å². The SMILES string of the molecule is [C-]#[N+]c1cc(C)c(Oc2ccc3c(c2)COB3O)nc1C. The Labute approximate surface area is 123 Å². The first-order valence-corrected chi connectivity index (χ1v) is 6.54. The van der Waals surface area contributed by atoms with Crippen LogP contribution in [0.5, 0.6) is 11.6 Å². The molecule has 2 aromatic rings. The lowest BCUT2D eigenvalue weighted by atomic mass is 9.80. The Morgan fingerprint density at radius 2 is 2.19 bits per heavy atom. The van der Waals surface area contributed by atoms with E-state index in [0.29, 0.717) is 29.6 Å². The summed E-state index contributed by atoms with van der Waals surface area (Å²) in [7, 11) is -0.853. The van der Waals surface area contributed by atoms with Crippen LogP contribution in [-0.2, 0) is 11.3 Å². The third-order valence-electron chi connectivity index (χ3n) is 3.44. The molecular weight excluding hydrogens is 267 g/mol. The maximum atomic E-state index is 9.60. The minimum Gasteiger partial charge on any atom is -0.439 e. The average Bonchev–Trinajstić information content (AvgIpc) is 2.83. The molecule has 0 fully saturated rings. The molecule has 0 bridgehead atoms. The second-order valence-corrected chi connectivity index (χ2v) is 4.95. The van der Waals surface area contributed by atoms with Crippen molar-refractivity contribution in [3.63, 3.8) is 0 Å². The molecule has 0 spiro atoms. The summed E-state index contributed by atoms with van der Waals surface area (Å²) in [5, 5.41) is 9.60. The van der Waals surface area contributed by atoms with Crippen molar-refractivity contribution in [3.05, 3.63) is 52.5 Å². The number of hydrogen-bond donors (Lipinski definition) is 1. The Bertz CT molecular complexity index is 755. The first kappa shape index (κ1) is 13.6. The van der Waals surface area contributed by atoms with E-state index in [1.165, 1.54) is 0 Å². The van der Waals surface area contributed by atoms with E-state index in [0.717, 1.165) is 16.6 Å². The Morgan fingerprint density at radius 3 is 2.95 bits per heavy atom. The molecule has 0 atom stereocenters. The van der Waals surface area contributed by atoms with Crippen molar-refractivity contribution in [3.8, 4) is 11.6 Å². The molecule has 0 saturated heterocycles. The fourth-order valence-corrected chi connectivity index (χ4v) is 2.27. The molecule has 0 unspecified atom stereocenters. The molecule has 21 heavy (non-hydrogen) atoms. The standard InChI is InChI=1S/C15H13BN2O3/c1-9-6-14(17-3)10(2)18-15(9)21-12-4-5-13-11(7-12)8-20-16(13)19/h4-7,19H,8H2,1-2H3. The molecule has 1 aliphatic heterocycles. The van der Waals surface area contributed by atoms with Gasteiger partial charge in [-0.2, -0.15) is 0 Å². The number of ether oxygens (including phenoxy) is 1. The second-order valence-electron chi connectivity index (χ2n) is 4.95. The zero-order valence-electron chi connectivity index (χ0n) is 11.8. The van der Waals surface area contributed by atoms with Crippen molar-refractivity contribution in [1.82, 2.24) is 4.98 Å². The molecule has 5 nitrogen and oxygen atoms in total. The number of aromatic nitrogens is 1. The first-order valence-electron chi connectivity index (χ1n) is 6.54. The highest BCUT2D eigenvalue weighted by Gasteiger charge is 2.27. The fourth-order valence-electron chi connectivity index (χ4n) is 2.27. The van der Waals surface area contributed by atoms with Gasteiger partial charge in [-0.3, -0.25) is 0 Å². The zero-order chi connectivity index (χ0) is 15.0. The van der Waals surface area contributed by atoms with Crippen molar-refractivity contribution >= 4 is 18.3 Å². The summed E-state index contributed by atoms with van der Waals surface area (Å²) in [4.78, 5) is 7.75. The van der Waals surface area contributed by atoms with Crippen LogP contribution in [0.2, 0.25) is 0 Å². The van der Waals surface area contributed by atoms with Crippen molar-refractivity contribution in [2.45, 2.75) is 20.5 Å². The van der Waals surface area contributed by atoms with E-state index in [1.54, 1.807) is 25.1 Å². The maximum Gasteiger partial charge on any atom is 0.491 e. The topological polar surface area (TPSA) is 55.9 Å². The van der Waals surface area contributed by atoms with Crippen LogP contribution < -0.4 is 10.2 Å². The largest absolute Gasteiger partial charge is 0.491 e. The van der Waals surface area contributed by atoms with E-state index < -0.39 is 7.12 Å². The molecular formula is C15H13BN2O3. The lowest BCUT2D eigenvalue weighted by Gasteiger charge is -2.10. The van der Waals surface area contributed by atoms with Crippen molar-refractivity contribution in [2.75, 3.05) is 0 Å². The summed E-state index contributed by atoms with van der Waals surface area (Å²) in [6.07, 6.45) is 0. The van der Waals surface area contributed by atoms with Gasteiger partial charge in [0.25, 0.3) is 0 Å². The highest BCUT2D eigenvalue weighted by atomic mass is 16.5. The molecule has 0 radical (unpaired) electrons. The van der Waals surface area contributed by atoms with E-state index in [4.69, 9.17) is 16.0 Å². The van der Waals surface area contributed by atoms with E-state index in [2.05, 4.69) is 9.83 Å². The van der Waals surface area contributed by atoms with Crippen LogP contribution in [0.3, 0.4) is 0 Å². The Morgan fingerprint density at radius 1 is 1.38 bits per heavy atom. The van der Waals surface area contributed by atoms with Crippen molar-refractivity contribution in [1.29, 1.82) is 0 Å². The van der Waals surface area contributed by atoms with Gasteiger partial charge in [-0.15, -0.1) is 0 Å². The number of fused-ring (bicyclic) bond motifs is 1. The van der Waals surface area contributed by atoms with Crippen molar-refractivity contribution in [2.24, 2.45) is 0 Å². The summed E-state index contributed by atoms with van der Waals surface area (Å²) < 4.78 is 11.0. The van der Waals surface area contributed by atoms with Gasteiger partial charge in [0.15, 0.2) is 0 Å². The second kappa shape index (κ2) is 5.21. The van der Waals surface area contributed by atoms with Gasteiger partial charge in [-0.05, 0) is 43.1 Å². The minimum absolute atomic E-state index is 0.371. The highest BCUT2D eigenvalue weighted by molar-refractivity contribution is 6.61. The number of rotatable bonds is 2. The Balaban J connectivity index is 1.91. The van der Waals surface area contributed by atoms with Gasteiger partial charge >= 0.3 is 7.12 Å². The van der Waals surface area contributed by atoms with Crippen LogP contribution in [0.15, 0.2) is 24.3 Å². The maximum absolute atomic E-state index is 9.60. The Kier molecular flexibility index (Phi) is 3.38. The molecule has 0 aliphatic carbocycles. The van der Waals surface area contributed by atoms with Crippen molar-refractivity contribution < 1.29 is 14.4 Å². The van der Waals surface area contributed by atoms with Crippen LogP contribution in [0.25, 0.3) is 4.85 Å². The van der Waals surface area contributed by atoms with Gasteiger partial charge in [-0.1, -0.05) is 6.07 Å². The number of nitrogens with zero attached hydrogens (tertiary/aromatic N) is 2. The third kappa shape index (κ3) is 2.49. The Hall–Kier alpha value is -2.36. The fraction of sp³-hybridized carbons (Fsp3) is 0.200. The number of benzene rings is 1. The molecule has 1 aromatic heterocycles. The summed E-state index contributed by atoms with van der Waals surface area (Å²) in [5.41, 5.74) is 3.66. The minimum atomic E-state index is -0.853. The smallest absolute Gasteiger partial charge is 0.439 e. The van der Waals surface area contributed by atoms with Gasteiger partial charge in [0.05, 0.1) is 13.2 Å². The van der Waals surface area contributed by atoms with Crippen LogP contribution in [-0.4, -0.2) is 17.1 Å². The summed E-state index contributed by atoms with van der Waals surface area (Å²) >= 11 is 0. The summed E-state index contributed by atoms with van der Waals surface area (Å²) in [6.45, 7) is 11.1. The first-order chi connectivity index (χ1) is 10.1. The molecule has 6 heteroatoms. The monoisotopic (exact) mass is 280 g/mol. The number of hydrogen-bond acceptors (Lipinski definition) is 4. The lowest BCUT2D eigenvalue weighted by Crippen LogP contribution is -2.27. The predicted molar refractivity (Wildman–Crippen MR) is 78.9 cm³/mol. The predicted octanol–water partition coefficient (Wildman–Crippen LogP) is 2.26. The van der Waals surface area contributed by atoms with Crippen LogP contribution >= 0.6 is 0 Å². The molecule has 2 heterocycles. The molecule has 1 aromatic carbocycles. The summed E-state index contributed by atoms with van der Waals surface area (Å²) in [5.74, 6) is 1.12. The molecule has 1 N–H and O–H groups in total. The van der Waals surface area contributed by atoms with Crippen LogP contribution in [0, 0.1) is 20.4 Å². The van der Waals surface area contributed by atoms with Gasteiger partial charge in [-0.25, -0.2) is 9.83 Å².